The molecular weight excluding hydrogens is 273 g/mol. The van der Waals surface area contributed by atoms with Crippen LogP contribution < -0.4 is 5.32 Å². The number of benzene rings is 1. The second-order valence-electron chi connectivity index (χ2n) is 6.43. The average Bonchev–Trinajstić information content (AvgIpc) is 3.25. The van der Waals surface area contributed by atoms with Gasteiger partial charge in [0.05, 0.1) is 0 Å². The molecule has 0 aliphatic heterocycles. The van der Waals surface area contributed by atoms with Crippen LogP contribution in [0.2, 0.25) is 5.02 Å². The monoisotopic (exact) mass is 295 g/mol. The summed E-state index contributed by atoms with van der Waals surface area (Å²) in [6.45, 7) is 1.12. The first-order chi connectivity index (χ1) is 9.72. The minimum atomic E-state index is -0.142. The van der Waals surface area contributed by atoms with Gasteiger partial charge in [0.15, 0.2) is 0 Å². The zero-order chi connectivity index (χ0) is 13.9. The maximum Gasteiger partial charge on any atom is 0.127 e. The summed E-state index contributed by atoms with van der Waals surface area (Å²) in [6, 6.07) is 5.87. The molecule has 2 fully saturated rings. The lowest BCUT2D eigenvalue weighted by Gasteiger charge is -2.32. The van der Waals surface area contributed by atoms with Crippen LogP contribution in [0, 0.1) is 17.7 Å². The van der Waals surface area contributed by atoms with Crippen molar-refractivity contribution >= 4 is 11.6 Å². The Bertz CT molecular complexity index is 458. The van der Waals surface area contributed by atoms with Crippen LogP contribution in [0.25, 0.3) is 0 Å². The predicted octanol–water partition coefficient (Wildman–Crippen LogP) is 4.58. The van der Waals surface area contributed by atoms with Crippen LogP contribution in [0.15, 0.2) is 18.2 Å². The van der Waals surface area contributed by atoms with E-state index in [2.05, 4.69) is 5.32 Å². The van der Waals surface area contributed by atoms with E-state index in [-0.39, 0.29) is 5.82 Å². The van der Waals surface area contributed by atoms with Crippen molar-refractivity contribution in [3.8, 4) is 0 Å². The quantitative estimate of drug-likeness (QED) is 0.838. The van der Waals surface area contributed by atoms with Gasteiger partial charge in [0.2, 0.25) is 0 Å². The first kappa shape index (κ1) is 14.3. The van der Waals surface area contributed by atoms with Gasteiger partial charge in [-0.1, -0.05) is 30.5 Å². The van der Waals surface area contributed by atoms with Gasteiger partial charge in [0, 0.05) is 11.1 Å². The Hall–Kier alpha value is -0.600. The Balaban J connectivity index is 1.62. The highest BCUT2D eigenvalue weighted by molar-refractivity contribution is 6.30. The summed E-state index contributed by atoms with van der Waals surface area (Å²) in [5.41, 5.74) is 0.831. The highest BCUT2D eigenvalue weighted by Crippen LogP contribution is 2.33. The van der Waals surface area contributed by atoms with Crippen molar-refractivity contribution in [3.05, 3.63) is 34.6 Å². The van der Waals surface area contributed by atoms with E-state index in [1.165, 1.54) is 44.6 Å². The van der Waals surface area contributed by atoms with E-state index in [9.17, 15) is 4.39 Å². The molecule has 1 aromatic carbocycles. The lowest BCUT2D eigenvalue weighted by molar-refractivity contribution is 0.226. The fourth-order valence-corrected chi connectivity index (χ4v) is 3.56. The van der Waals surface area contributed by atoms with E-state index in [0.717, 1.165) is 24.6 Å². The molecule has 0 heterocycles. The van der Waals surface area contributed by atoms with Gasteiger partial charge in [0.1, 0.15) is 5.82 Å². The summed E-state index contributed by atoms with van der Waals surface area (Å²) in [5.74, 6) is 1.18. The molecule has 0 radical (unpaired) electrons. The summed E-state index contributed by atoms with van der Waals surface area (Å²) in [4.78, 5) is 0. The SMILES string of the molecule is Fc1cc(Cl)ccc1CC1CCCCC1CNC1CC1. The molecule has 3 rings (SSSR count). The van der Waals surface area contributed by atoms with Crippen LogP contribution in [0.5, 0.6) is 0 Å². The molecule has 110 valence electrons. The normalized spacial score (nSPS) is 26.7. The van der Waals surface area contributed by atoms with Gasteiger partial charge in [-0.3, -0.25) is 0 Å². The minimum absolute atomic E-state index is 0.142. The van der Waals surface area contributed by atoms with Gasteiger partial charge in [0.25, 0.3) is 0 Å². The molecule has 1 aromatic rings. The van der Waals surface area contributed by atoms with Crippen LogP contribution in [-0.2, 0) is 6.42 Å². The molecule has 0 bridgehead atoms. The molecule has 20 heavy (non-hydrogen) atoms. The van der Waals surface area contributed by atoms with Gasteiger partial charge < -0.3 is 5.32 Å². The number of rotatable bonds is 5. The van der Waals surface area contributed by atoms with Crippen LogP contribution in [0.4, 0.5) is 4.39 Å². The van der Waals surface area contributed by atoms with Crippen molar-refractivity contribution in [3.63, 3.8) is 0 Å². The van der Waals surface area contributed by atoms with E-state index in [1.807, 2.05) is 6.07 Å². The molecule has 0 amide bonds. The van der Waals surface area contributed by atoms with Crippen LogP contribution in [-0.4, -0.2) is 12.6 Å². The van der Waals surface area contributed by atoms with Crippen molar-refractivity contribution in [2.75, 3.05) is 6.54 Å². The molecule has 2 aliphatic rings. The first-order valence-electron chi connectivity index (χ1n) is 7.89. The molecule has 1 nitrogen and oxygen atoms in total. The minimum Gasteiger partial charge on any atom is -0.314 e. The number of hydrogen-bond donors (Lipinski definition) is 1. The lowest BCUT2D eigenvalue weighted by atomic mass is 9.76. The molecule has 0 saturated heterocycles. The van der Waals surface area contributed by atoms with Crippen molar-refractivity contribution in [2.24, 2.45) is 11.8 Å². The van der Waals surface area contributed by atoms with Gasteiger partial charge in [-0.25, -0.2) is 4.39 Å². The zero-order valence-corrected chi connectivity index (χ0v) is 12.6. The van der Waals surface area contributed by atoms with E-state index in [0.29, 0.717) is 16.9 Å². The Morgan fingerprint density at radius 1 is 1.10 bits per heavy atom. The fraction of sp³-hybridized carbons (Fsp3) is 0.647. The smallest absolute Gasteiger partial charge is 0.127 e. The summed E-state index contributed by atoms with van der Waals surface area (Å²) in [6.07, 6.45) is 8.68. The third kappa shape index (κ3) is 3.73. The second kappa shape index (κ2) is 6.44. The molecule has 0 spiro atoms. The van der Waals surface area contributed by atoms with E-state index in [1.54, 1.807) is 6.07 Å². The van der Waals surface area contributed by atoms with Crippen molar-refractivity contribution in [1.29, 1.82) is 0 Å². The molecule has 2 atom stereocenters. The summed E-state index contributed by atoms with van der Waals surface area (Å²) in [7, 11) is 0. The average molecular weight is 296 g/mol. The largest absolute Gasteiger partial charge is 0.314 e. The number of nitrogens with one attached hydrogen (secondary N) is 1. The Morgan fingerprint density at radius 2 is 1.85 bits per heavy atom. The third-order valence-electron chi connectivity index (χ3n) is 4.81. The van der Waals surface area contributed by atoms with Gasteiger partial charge >= 0.3 is 0 Å². The summed E-state index contributed by atoms with van der Waals surface area (Å²) < 4.78 is 14.0. The van der Waals surface area contributed by atoms with Gasteiger partial charge in [-0.15, -0.1) is 0 Å². The topological polar surface area (TPSA) is 12.0 Å². The van der Waals surface area contributed by atoms with Gasteiger partial charge in [-0.2, -0.15) is 0 Å². The maximum atomic E-state index is 14.0. The van der Waals surface area contributed by atoms with Crippen LogP contribution in [0.1, 0.15) is 44.1 Å². The standard InChI is InChI=1S/C17H23ClFN/c18-15-6-5-13(17(19)10-15)9-12-3-1-2-4-14(12)11-20-16-7-8-16/h5-6,10,12,14,16,20H,1-4,7-9,11H2. The molecule has 2 unspecified atom stereocenters. The molecule has 0 aromatic heterocycles. The third-order valence-corrected chi connectivity index (χ3v) is 5.04. The molecule has 1 N–H and O–H groups in total. The summed E-state index contributed by atoms with van der Waals surface area (Å²) in [5, 5.41) is 4.14. The molecule has 3 heteroatoms. The maximum absolute atomic E-state index is 14.0. The van der Waals surface area contributed by atoms with Gasteiger partial charge in [-0.05, 0) is 68.2 Å². The first-order valence-corrected chi connectivity index (χ1v) is 8.27. The molecule has 2 aliphatic carbocycles. The zero-order valence-electron chi connectivity index (χ0n) is 11.9. The Labute approximate surface area is 125 Å². The second-order valence-corrected chi connectivity index (χ2v) is 6.86. The Kier molecular flexibility index (Phi) is 4.62. The summed E-state index contributed by atoms with van der Waals surface area (Å²) >= 11 is 5.83. The van der Waals surface area contributed by atoms with E-state index >= 15 is 0 Å². The fourth-order valence-electron chi connectivity index (χ4n) is 3.40. The van der Waals surface area contributed by atoms with Crippen molar-refractivity contribution in [2.45, 2.75) is 51.0 Å². The number of halogens is 2. The van der Waals surface area contributed by atoms with Crippen molar-refractivity contribution in [1.82, 2.24) is 5.32 Å². The highest BCUT2D eigenvalue weighted by atomic mass is 35.5. The molecular formula is C17H23ClFN. The van der Waals surface area contributed by atoms with E-state index < -0.39 is 0 Å². The molecule has 2 saturated carbocycles. The van der Waals surface area contributed by atoms with Crippen LogP contribution in [0.3, 0.4) is 0 Å². The van der Waals surface area contributed by atoms with Crippen LogP contribution >= 0.6 is 11.6 Å². The van der Waals surface area contributed by atoms with Crippen molar-refractivity contribution < 1.29 is 4.39 Å². The Morgan fingerprint density at radius 3 is 2.55 bits per heavy atom. The lowest BCUT2D eigenvalue weighted by Crippen LogP contribution is -2.32. The predicted molar refractivity (Wildman–Crippen MR) is 81.6 cm³/mol. The highest BCUT2D eigenvalue weighted by Gasteiger charge is 2.28. The number of hydrogen-bond acceptors (Lipinski definition) is 1. The van der Waals surface area contributed by atoms with E-state index in [4.69, 9.17) is 11.6 Å².